The summed E-state index contributed by atoms with van der Waals surface area (Å²) in [5, 5.41) is 3.29. The van der Waals surface area contributed by atoms with Gasteiger partial charge < -0.3 is 11.1 Å². The lowest BCUT2D eigenvalue weighted by Gasteiger charge is -2.10. The van der Waals surface area contributed by atoms with Crippen molar-refractivity contribution in [2.24, 2.45) is 0 Å². The predicted molar refractivity (Wildman–Crippen MR) is 70.1 cm³/mol. The van der Waals surface area contributed by atoms with Gasteiger partial charge in [-0.05, 0) is 21.5 Å². The molecule has 0 aliphatic carbocycles. The Morgan fingerprint density at radius 2 is 1.94 bits per heavy atom. The molecular formula is C12H12BrN3. The van der Waals surface area contributed by atoms with Crippen molar-refractivity contribution in [3.8, 4) is 0 Å². The number of aromatic nitrogens is 1. The van der Waals surface area contributed by atoms with Crippen molar-refractivity contribution in [3.05, 3.63) is 52.8 Å². The molecule has 0 aliphatic heterocycles. The fourth-order valence-electron chi connectivity index (χ4n) is 1.42. The van der Waals surface area contributed by atoms with Gasteiger partial charge in [-0.3, -0.25) is 4.98 Å². The normalized spacial score (nSPS) is 10.1. The fraction of sp³-hybridized carbons (Fsp3) is 0.0833. The molecule has 0 amide bonds. The number of nitrogen functional groups attached to an aromatic ring is 1. The summed E-state index contributed by atoms with van der Waals surface area (Å²) < 4.78 is 0.878. The van der Waals surface area contributed by atoms with Crippen LogP contribution in [0.5, 0.6) is 0 Å². The zero-order valence-electron chi connectivity index (χ0n) is 8.65. The van der Waals surface area contributed by atoms with Crippen LogP contribution in [0.25, 0.3) is 0 Å². The summed E-state index contributed by atoms with van der Waals surface area (Å²) in [6.45, 7) is 0.744. The van der Waals surface area contributed by atoms with E-state index in [-0.39, 0.29) is 0 Å². The molecule has 2 aromatic rings. The molecule has 0 unspecified atom stereocenters. The Morgan fingerprint density at radius 3 is 2.62 bits per heavy atom. The third-order valence-electron chi connectivity index (χ3n) is 2.24. The molecule has 1 aromatic heterocycles. The summed E-state index contributed by atoms with van der Waals surface area (Å²) in [6.07, 6.45) is 3.36. The zero-order chi connectivity index (χ0) is 11.4. The Bertz CT molecular complexity index is 451. The number of rotatable bonds is 3. The number of hydrogen-bond acceptors (Lipinski definition) is 3. The van der Waals surface area contributed by atoms with Gasteiger partial charge >= 0.3 is 0 Å². The van der Waals surface area contributed by atoms with E-state index in [9.17, 15) is 0 Å². The van der Waals surface area contributed by atoms with Gasteiger partial charge in [0.1, 0.15) is 0 Å². The molecule has 0 saturated heterocycles. The summed E-state index contributed by atoms with van der Waals surface area (Å²) >= 11 is 3.42. The van der Waals surface area contributed by atoms with Gasteiger partial charge in [-0.25, -0.2) is 0 Å². The van der Waals surface area contributed by atoms with E-state index in [4.69, 9.17) is 5.73 Å². The summed E-state index contributed by atoms with van der Waals surface area (Å²) in [5.74, 6) is 0. The molecule has 0 atom stereocenters. The van der Waals surface area contributed by atoms with Gasteiger partial charge in [0.15, 0.2) is 0 Å². The lowest BCUT2D eigenvalue weighted by Crippen LogP contribution is -2.03. The van der Waals surface area contributed by atoms with E-state index in [2.05, 4.69) is 38.4 Å². The summed E-state index contributed by atoms with van der Waals surface area (Å²) in [5.41, 5.74) is 8.58. The van der Waals surface area contributed by atoms with Crippen LogP contribution in [0.1, 0.15) is 5.56 Å². The minimum Gasteiger partial charge on any atom is -0.396 e. The van der Waals surface area contributed by atoms with Crippen molar-refractivity contribution in [1.29, 1.82) is 0 Å². The van der Waals surface area contributed by atoms with Crippen LogP contribution in [-0.2, 0) is 6.54 Å². The second-order valence-electron chi connectivity index (χ2n) is 3.42. The lowest BCUT2D eigenvalue weighted by atomic mass is 10.2. The molecule has 0 fully saturated rings. The first kappa shape index (κ1) is 11.0. The number of hydrogen-bond donors (Lipinski definition) is 2. The number of nitrogens with one attached hydrogen (secondary N) is 1. The number of benzene rings is 1. The lowest BCUT2D eigenvalue weighted by molar-refractivity contribution is 1.14. The van der Waals surface area contributed by atoms with Crippen LogP contribution in [0.15, 0.2) is 47.2 Å². The third kappa shape index (κ3) is 2.52. The van der Waals surface area contributed by atoms with E-state index in [1.54, 1.807) is 12.4 Å². The van der Waals surface area contributed by atoms with Crippen molar-refractivity contribution in [2.45, 2.75) is 6.54 Å². The zero-order valence-corrected chi connectivity index (χ0v) is 10.2. The molecule has 82 valence electrons. The average molecular weight is 278 g/mol. The second kappa shape index (κ2) is 4.99. The number of nitrogens with two attached hydrogens (primary N) is 1. The highest BCUT2D eigenvalue weighted by Gasteiger charge is 2.03. The Hall–Kier alpha value is -1.55. The van der Waals surface area contributed by atoms with Crippen LogP contribution in [0.3, 0.4) is 0 Å². The minimum absolute atomic E-state index is 0.644. The minimum atomic E-state index is 0.644. The number of nitrogens with zero attached hydrogens (tertiary/aromatic N) is 1. The first-order valence-electron chi connectivity index (χ1n) is 4.94. The quantitative estimate of drug-likeness (QED) is 0.907. The van der Waals surface area contributed by atoms with Crippen molar-refractivity contribution >= 4 is 27.3 Å². The largest absolute Gasteiger partial charge is 0.396 e. The summed E-state index contributed by atoms with van der Waals surface area (Å²) in [4.78, 5) is 3.99. The van der Waals surface area contributed by atoms with Gasteiger partial charge in [0.05, 0.1) is 22.0 Å². The van der Waals surface area contributed by atoms with Crippen LogP contribution in [0.2, 0.25) is 0 Å². The number of halogens is 1. The second-order valence-corrected chi connectivity index (χ2v) is 4.28. The van der Waals surface area contributed by atoms with Crippen molar-refractivity contribution in [2.75, 3.05) is 11.1 Å². The molecule has 0 radical (unpaired) electrons. The van der Waals surface area contributed by atoms with Crippen LogP contribution < -0.4 is 11.1 Å². The van der Waals surface area contributed by atoms with E-state index in [1.807, 2.05) is 18.2 Å². The van der Waals surface area contributed by atoms with Crippen LogP contribution in [0.4, 0.5) is 11.4 Å². The molecule has 1 heterocycles. The van der Waals surface area contributed by atoms with E-state index in [0.717, 1.165) is 16.7 Å². The Balaban J connectivity index is 2.11. The smallest absolute Gasteiger partial charge is 0.0752 e. The molecule has 4 heteroatoms. The molecule has 3 N–H and O–H groups in total. The van der Waals surface area contributed by atoms with E-state index >= 15 is 0 Å². The average Bonchev–Trinajstić information content (AvgIpc) is 2.30. The first-order valence-corrected chi connectivity index (χ1v) is 5.73. The molecule has 0 saturated carbocycles. The highest BCUT2D eigenvalue weighted by Crippen LogP contribution is 2.27. The van der Waals surface area contributed by atoms with E-state index < -0.39 is 0 Å². The molecule has 0 aliphatic rings. The standard InChI is InChI=1S/C12H12BrN3/c13-10-7-15-8-11(14)12(10)16-6-9-4-2-1-3-5-9/h1-5,7-8H,6,14H2,(H,15,16). The Morgan fingerprint density at radius 1 is 1.19 bits per heavy atom. The monoisotopic (exact) mass is 277 g/mol. The molecule has 0 spiro atoms. The predicted octanol–water partition coefficient (Wildman–Crippen LogP) is 3.04. The summed E-state index contributed by atoms with van der Waals surface area (Å²) in [6, 6.07) is 10.2. The van der Waals surface area contributed by atoms with Crippen molar-refractivity contribution < 1.29 is 0 Å². The molecule has 3 nitrogen and oxygen atoms in total. The maximum Gasteiger partial charge on any atom is 0.0752 e. The summed E-state index contributed by atoms with van der Waals surface area (Å²) in [7, 11) is 0. The van der Waals surface area contributed by atoms with Gasteiger partial charge in [-0.15, -0.1) is 0 Å². The van der Waals surface area contributed by atoms with Crippen molar-refractivity contribution in [3.63, 3.8) is 0 Å². The maximum atomic E-state index is 5.83. The van der Waals surface area contributed by atoms with E-state index in [1.165, 1.54) is 5.56 Å². The van der Waals surface area contributed by atoms with Gasteiger partial charge in [0, 0.05) is 12.7 Å². The van der Waals surface area contributed by atoms with Gasteiger partial charge in [-0.1, -0.05) is 30.3 Å². The maximum absolute atomic E-state index is 5.83. The SMILES string of the molecule is Nc1cncc(Br)c1NCc1ccccc1. The van der Waals surface area contributed by atoms with Crippen LogP contribution in [0, 0.1) is 0 Å². The molecule has 16 heavy (non-hydrogen) atoms. The van der Waals surface area contributed by atoms with Crippen molar-refractivity contribution in [1.82, 2.24) is 4.98 Å². The molecule has 0 bridgehead atoms. The van der Waals surface area contributed by atoms with Gasteiger partial charge in [-0.2, -0.15) is 0 Å². The van der Waals surface area contributed by atoms with E-state index in [0.29, 0.717) is 5.69 Å². The number of pyridine rings is 1. The Labute approximate surface area is 103 Å². The third-order valence-corrected chi connectivity index (χ3v) is 2.84. The first-order chi connectivity index (χ1) is 7.77. The van der Waals surface area contributed by atoms with Crippen LogP contribution >= 0.6 is 15.9 Å². The van der Waals surface area contributed by atoms with Crippen LogP contribution in [-0.4, -0.2) is 4.98 Å². The molecule has 2 rings (SSSR count). The van der Waals surface area contributed by atoms with Gasteiger partial charge in [0.2, 0.25) is 0 Å². The highest BCUT2D eigenvalue weighted by molar-refractivity contribution is 9.10. The fourth-order valence-corrected chi connectivity index (χ4v) is 1.91. The molecular weight excluding hydrogens is 266 g/mol. The topological polar surface area (TPSA) is 50.9 Å². The number of anilines is 2. The highest BCUT2D eigenvalue weighted by atomic mass is 79.9. The van der Waals surface area contributed by atoms with Gasteiger partial charge in [0.25, 0.3) is 0 Å². The molecule has 1 aromatic carbocycles. The Kier molecular flexibility index (Phi) is 3.41.